The van der Waals surface area contributed by atoms with Gasteiger partial charge < -0.3 is 10.2 Å². The Bertz CT molecular complexity index is 602. The zero-order chi connectivity index (χ0) is 14.1. The van der Waals surface area contributed by atoms with Crippen LogP contribution in [0.15, 0.2) is 30.3 Å². The minimum atomic E-state index is 0.468. The lowest BCUT2D eigenvalue weighted by Crippen LogP contribution is -2.34. The number of rotatable bonds is 3. The molecular weight excluding hydrogens is 248 g/mol. The summed E-state index contributed by atoms with van der Waals surface area (Å²) < 4.78 is 1.99. The van der Waals surface area contributed by atoms with Gasteiger partial charge in [0, 0.05) is 25.3 Å². The van der Waals surface area contributed by atoms with Crippen molar-refractivity contribution in [1.82, 2.24) is 15.1 Å². The Kier molecular flexibility index (Phi) is 3.49. The number of hydrogen-bond acceptors (Lipinski definition) is 3. The fourth-order valence-electron chi connectivity index (χ4n) is 3.10. The van der Waals surface area contributed by atoms with Crippen molar-refractivity contribution in [1.29, 1.82) is 0 Å². The predicted octanol–water partition coefficient (Wildman–Crippen LogP) is 2.40. The van der Waals surface area contributed by atoms with Crippen molar-refractivity contribution >= 4 is 5.69 Å². The molecular formula is C16H22N4. The number of fused-ring (bicyclic) bond motifs is 1. The van der Waals surface area contributed by atoms with Crippen molar-refractivity contribution in [2.75, 3.05) is 18.5 Å². The third-order valence-corrected chi connectivity index (χ3v) is 4.14. The van der Waals surface area contributed by atoms with E-state index in [2.05, 4.69) is 45.6 Å². The van der Waals surface area contributed by atoms with Crippen molar-refractivity contribution in [3.63, 3.8) is 0 Å². The van der Waals surface area contributed by atoms with E-state index in [9.17, 15) is 0 Å². The summed E-state index contributed by atoms with van der Waals surface area (Å²) in [4.78, 5) is 2.46. The number of benzene rings is 1. The number of hydrogen-bond donors (Lipinski definition) is 1. The Morgan fingerprint density at radius 1 is 1.35 bits per heavy atom. The first-order chi connectivity index (χ1) is 9.69. The Hall–Kier alpha value is -1.81. The monoisotopic (exact) mass is 270 g/mol. The minimum absolute atomic E-state index is 0.468. The lowest BCUT2D eigenvalue weighted by atomic mass is 9.96. The lowest BCUT2D eigenvalue weighted by molar-refractivity contribution is 0.511. The van der Waals surface area contributed by atoms with Gasteiger partial charge in [-0.05, 0) is 38.1 Å². The fourth-order valence-corrected chi connectivity index (χ4v) is 3.10. The minimum Gasteiger partial charge on any atom is -0.365 e. The molecule has 1 unspecified atom stereocenters. The van der Waals surface area contributed by atoms with Crippen LogP contribution in [0.3, 0.4) is 0 Å². The average Bonchev–Trinajstić information content (AvgIpc) is 2.77. The first-order valence-corrected chi connectivity index (χ1v) is 7.19. The maximum atomic E-state index is 4.44. The number of nitrogens with zero attached hydrogens (tertiary/aromatic N) is 3. The van der Waals surface area contributed by atoms with E-state index in [1.165, 1.54) is 16.9 Å². The highest BCUT2D eigenvalue weighted by Crippen LogP contribution is 2.34. The highest BCUT2D eigenvalue weighted by molar-refractivity contribution is 5.57. The molecule has 1 atom stereocenters. The van der Waals surface area contributed by atoms with Crippen LogP contribution in [0.2, 0.25) is 0 Å². The van der Waals surface area contributed by atoms with Crippen LogP contribution < -0.4 is 10.2 Å². The molecule has 1 N–H and O–H groups in total. The summed E-state index contributed by atoms with van der Waals surface area (Å²) in [5, 5.41) is 7.86. The average molecular weight is 270 g/mol. The molecule has 0 spiro atoms. The molecule has 0 aliphatic carbocycles. The SMILES string of the molecule is CNC1CCN(Cc2cc(C)nn2C)c2ccccc21. The maximum absolute atomic E-state index is 4.44. The van der Waals surface area contributed by atoms with Gasteiger partial charge >= 0.3 is 0 Å². The molecule has 2 heterocycles. The van der Waals surface area contributed by atoms with Gasteiger partial charge in [0.25, 0.3) is 0 Å². The second-order valence-corrected chi connectivity index (χ2v) is 5.51. The second kappa shape index (κ2) is 5.29. The summed E-state index contributed by atoms with van der Waals surface area (Å²) in [6.45, 7) is 4.04. The lowest BCUT2D eigenvalue weighted by Gasteiger charge is -2.35. The highest BCUT2D eigenvalue weighted by atomic mass is 15.3. The molecule has 4 heteroatoms. The first-order valence-electron chi connectivity index (χ1n) is 7.19. The molecule has 20 heavy (non-hydrogen) atoms. The van der Waals surface area contributed by atoms with Crippen LogP contribution in [-0.4, -0.2) is 23.4 Å². The Morgan fingerprint density at radius 3 is 2.85 bits per heavy atom. The fraction of sp³-hybridized carbons (Fsp3) is 0.438. The van der Waals surface area contributed by atoms with Crippen LogP contribution in [0.4, 0.5) is 5.69 Å². The van der Waals surface area contributed by atoms with Crippen molar-refractivity contribution in [3.05, 3.63) is 47.3 Å². The maximum Gasteiger partial charge on any atom is 0.0599 e. The largest absolute Gasteiger partial charge is 0.365 e. The quantitative estimate of drug-likeness (QED) is 0.929. The van der Waals surface area contributed by atoms with Gasteiger partial charge in [-0.3, -0.25) is 4.68 Å². The Labute approximate surface area is 120 Å². The van der Waals surface area contributed by atoms with Crippen LogP contribution in [0, 0.1) is 6.92 Å². The van der Waals surface area contributed by atoms with Crippen molar-refractivity contribution < 1.29 is 0 Å². The molecule has 0 saturated heterocycles. The van der Waals surface area contributed by atoms with Gasteiger partial charge in [0.2, 0.25) is 0 Å². The normalized spacial score (nSPS) is 18.1. The van der Waals surface area contributed by atoms with Crippen LogP contribution in [-0.2, 0) is 13.6 Å². The Morgan fingerprint density at radius 2 is 2.15 bits per heavy atom. The van der Waals surface area contributed by atoms with Crippen molar-refractivity contribution in [3.8, 4) is 0 Å². The predicted molar refractivity (Wildman–Crippen MR) is 81.9 cm³/mol. The molecule has 0 radical (unpaired) electrons. The topological polar surface area (TPSA) is 33.1 Å². The van der Waals surface area contributed by atoms with E-state index in [4.69, 9.17) is 0 Å². The van der Waals surface area contributed by atoms with E-state index >= 15 is 0 Å². The summed E-state index contributed by atoms with van der Waals surface area (Å²) in [6, 6.07) is 11.3. The van der Waals surface area contributed by atoms with Gasteiger partial charge in [-0.25, -0.2) is 0 Å². The summed E-state index contributed by atoms with van der Waals surface area (Å²) in [7, 11) is 4.07. The Balaban J connectivity index is 1.90. The summed E-state index contributed by atoms with van der Waals surface area (Å²) in [5.41, 5.74) is 5.10. The summed E-state index contributed by atoms with van der Waals surface area (Å²) >= 11 is 0. The van der Waals surface area contributed by atoms with Gasteiger partial charge in [-0.15, -0.1) is 0 Å². The number of nitrogens with one attached hydrogen (secondary N) is 1. The van der Waals surface area contributed by atoms with E-state index in [-0.39, 0.29) is 0 Å². The zero-order valence-corrected chi connectivity index (χ0v) is 12.4. The van der Waals surface area contributed by atoms with Gasteiger partial charge in [-0.1, -0.05) is 18.2 Å². The summed E-state index contributed by atoms with van der Waals surface area (Å²) in [5.74, 6) is 0. The van der Waals surface area contributed by atoms with Crippen LogP contribution in [0.25, 0.3) is 0 Å². The van der Waals surface area contributed by atoms with Gasteiger partial charge in [0.15, 0.2) is 0 Å². The van der Waals surface area contributed by atoms with E-state index in [0.717, 1.165) is 25.2 Å². The third kappa shape index (κ3) is 2.31. The molecule has 1 aliphatic rings. The van der Waals surface area contributed by atoms with Crippen LogP contribution in [0.1, 0.15) is 29.4 Å². The van der Waals surface area contributed by atoms with Crippen molar-refractivity contribution in [2.45, 2.75) is 25.9 Å². The smallest absolute Gasteiger partial charge is 0.0599 e. The van der Waals surface area contributed by atoms with E-state index in [1.54, 1.807) is 0 Å². The molecule has 2 aromatic rings. The van der Waals surface area contributed by atoms with E-state index in [1.807, 2.05) is 25.7 Å². The molecule has 1 aromatic carbocycles. The molecule has 3 rings (SSSR count). The third-order valence-electron chi connectivity index (χ3n) is 4.14. The molecule has 106 valence electrons. The number of para-hydroxylation sites is 1. The standard InChI is InChI=1S/C16H22N4/c1-12-10-13(19(3)18-12)11-20-9-8-15(17-2)14-6-4-5-7-16(14)20/h4-7,10,15,17H,8-9,11H2,1-3H3. The number of aromatic nitrogens is 2. The molecule has 4 nitrogen and oxygen atoms in total. The molecule has 1 aromatic heterocycles. The molecule has 0 fully saturated rings. The first kappa shape index (κ1) is 13.2. The zero-order valence-electron chi connectivity index (χ0n) is 12.4. The van der Waals surface area contributed by atoms with Gasteiger partial charge in [0.1, 0.15) is 0 Å². The molecule has 0 saturated carbocycles. The molecule has 0 amide bonds. The highest BCUT2D eigenvalue weighted by Gasteiger charge is 2.24. The number of aryl methyl sites for hydroxylation is 2. The number of anilines is 1. The summed E-state index contributed by atoms with van der Waals surface area (Å²) in [6.07, 6.45) is 1.14. The molecule has 0 bridgehead atoms. The van der Waals surface area contributed by atoms with E-state index < -0.39 is 0 Å². The van der Waals surface area contributed by atoms with Crippen LogP contribution in [0.5, 0.6) is 0 Å². The van der Waals surface area contributed by atoms with Crippen molar-refractivity contribution in [2.24, 2.45) is 7.05 Å². The van der Waals surface area contributed by atoms with Gasteiger partial charge in [-0.2, -0.15) is 5.10 Å². The van der Waals surface area contributed by atoms with Gasteiger partial charge in [0.05, 0.1) is 17.9 Å². The van der Waals surface area contributed by atoms with E-state index in [0.29, 0.717) is 6.04 Å². The molecule has 1 aliphatic heterocycles. The van der Waals surface area contributed by atoms with Crippen LogP contribution >= 0.6 is 0 Å². The second-order valence-electron chi connectivity index (χ2n) is 5.51.